The van der Waals surface area contributed by atoms with E-state index >= 15 is 0 Å². The van der Waals surface area contributed by atoms with Crippen molar-refractivity contribution in [3.63, 3.8) is 0 Å². The first-order valence-corrected chi connectivity index (χ1v) is 9.90. The Labute approximate surface area is 160 Å². The highest BCUT2D eigenvalue weighted by atomic mass is 35.5. The number of likely N-dealkylation sites (tertiary alicyclic amines) is 1. The van der Waals surface area contributed by atoms with Gasteiger partial charge in [0, 0.05) is 23.8 Å². The van der Waals surface area contributed by atoms with Crippen molar-refractivity contribution in [2.45, 2.75) is 19.8 Å². The molecule has 1 aromatic carbocycles. The van der Waals surface area contributed by atoms with Crippen molar-refractivity contribution in [1.82, 2.24) is 4.90 Å². The van der Waals surface area contributed by atoms with Crippen LogP contribution in [0.4, 0.5) is 5.69 Å². The second-order valence-electron chi connectivity index (χ2n) is 7.45. The van der Waals surface area contributed by atoms with Crippen molar-refractivity contribution in [3.8, 4) is 0 Å². The highest BCUT2D eigenvalue weighted by Crippen LogP contribution is 2.19. The number of aryl methyl sites for hydroxylation is 1. The normalized spacial score (nSPS) is 23.1. The van der Waals surface area contributed by atoms with Crippen LogP contribution in [-0.4, -0.2) is 69.1 Å². The summed E-state index contributed by atoms with van der Waals surface area (Å²) in [6.45, 7) is 8.60. The second-order valence-corrected chi connectivity index (χ2v) is 7.89. The van der Waals surface area contributed by atoms with E-state index in [2.05, 4.69) is 5.32 Å². The summed E-state index contributed by atoms with van der Waals surface area (Å²) in [5.74, 6) is 0.318. The highest BCUT2D eigenvalue weighted by molar-refractivity contribution is 6.30. The van der Waals surface area contributed by atoms with E-state index in [0.29, 0.717) is 18.1 Å². The molecule has 2 saturated heterocycles. The van der Waals surface area contributed by atoms with Crippen LogP contribution in [0.25, 0.3) is 0 Å². The van der Waals surface area contributed by atoms with Gasteiger partial charge in [0.25, 0.3) is 11.8 Å². The number of piperazine rings is 1. The topological polar surface area (TPSA) is 58.3 Å². The molecular weight excluding hydrogens is 352 g/mol. The van der Waals surface area contributed by atoms with Crippen molar-refractivity contribution >= 4 is 29.1 Å². The average molecular weight is 381 g/mol. The number of anilines is 1. The molecule has 0 aliphatic carbocycles. The largest absolute Gasteiger partial charge is 0.338 e. The van der Waals surface area contributed by atoms with Gasteiger partial charge in [0.2, 0.25) is 0 Å². The second kappa shape index (κ2) is 8.84. The van der Waals surface area contributed by atoms with Crippen LogP contribution >= 0.6 is 11.6 Å². The summed E-state index contributed by atoms with van der Waals surface area (Å²) in [4.78, 5) is 29.2. The summed E-state index contributed by atoms with van der Waals surface area (Å²) in [5.41, 5.74) is 1.79. The van der Waals surface area contributed by atoms with Gasteiger partial charge in [-0.1, -0.05) is 11.6 Å². The molecule has 0 aromatic heterocycles. The van der Waals surface area contributed by atoms with Gasteiger partial charge < -0.3 is 20.0 Å². The molecule has 26 heavy (non-hydrogen) atoms. The third-order valence-electron chi connectivity index (χ3n) is 5.40. The van der Waals surface area contributed by atoms with Crippen molar-refractivity contribution in [3.05, 3.63) is 28.8 Å². The number of rotatable bonds is 5. The molecule has 2 aliphatic heterocycles. The minimum Gasteiger partial charge on any atom is -0.338 e. The molecule has 3 N–H and O–H groups in total. The van der Waals surface area contributed by atoms with E-state index in [1.165, 1.54) is 9.80 Å². The van der Waals surface area contributed by atoms with E-state index < -0.39 is 0 Å². The van der Waals surface area contributed by atoms with Gasteiger partial charge in [0.1, 0.15) is 26.2 Å². The summed E-state index contributed by atoms with van der Waals surface area (Å²) in [7, 11) is 0. The van der Waals surface area contributed by atoms with Gasteiger partial charge in [0.15, 0.2) is 13.1 Å². The number of carbonyl (C=O) groups is 2. The number of benzene rings is 1. The predicted octanol–water partition coefficient (Wildman–Crippen LogP) is -1.01. The molecule has 142 valence electrons. The standard InChI is InChI=1S/C19H27ClN4O2/c1-15-12-16(20)4-5-17(15)21-18(25)13-22-8-10-23(11-9-22)14-19(26)24-6-2-3-7-24/h4-5,12H,2-3,6-11,13-14H2,1H3,(H,21,25)/p+2. The van der Waals surface area contributed by atoms with Crippen LogP contribution in [-0.2, 0) is 9.59 Å². The Morgan fingerprint density at radius 2 is 1.69 bits per heavy atom. The maximum Gasteiger partial charge on any atom is 0.279 e. The van der Waals surface area contributed by atoms with Crippen molar-refractivity contribution < 1.29 is 19.4 Å². The van der Waals surface area contributed by atoms with Gasteiger partial charge >= 0.3 is 0 Å². The van der Waals surface area contributed by atoms with Crippen LogP contribution in [0, 0.1) is 6.92 Å². The molecule has 2 amide bonds. The van der Waals surface area contributed by atoms with E-state index in [4.69, 9.17) is 11.6 Å². The van der Waals surface area contributed by atoms with Crippen LogP contribution in [0.15, 0.2) is 18.2 Å². The Kier molecular flexibility index (Phi) is 6.51. The molecular formula is C19H29ClN4O2+2. The van der Waals surface area contributed by atoms with Gasteiger partial charge in [-0.15, -0.1) is 0 Å². The lowest BCUT2D eigenvalue weighted by Crippen LogP contribution is -3.28. The third-order valence-corrected chi connectivity index (χ3v) is 5.63. The number of nitrogens with one attached hydrogen (secondary N) is 3. The van der Waals surface area contributed by atoms with Crippen LogP contribution in [0.3, 0.4) is 0 Å². The lowest BCUT2D eigenvalue weighted by molar-refractivity contribution is -1.00. The van der Waals surface area contributed by atoms with Crippen LogP contribution in [0.5, 0.6) is 0 Å². The molecule has 0 bridgehead atoms. The minimum absolute atomic E-state index is 0.0296. The molecule has 1 aromatic rings. The van der Waals surface area contributed by atoms with E-state index in [1.807, 2.05) is 24.0 Å². The number of hydrogen-bond acceptors (Lipinski definition) is 2. The molecule has 3 rings (SSSR count). The molecule has 0 atom stereocenters. The van der Waals surface area contributed by atoms with E-state index in [1.54, 1.807) is 6.07 Å². The number of halogens is 1. The Morgan fingerprint density at radius 3 is 2.31 bits per heavy atom. The minimum atomic E-state index is 0.0296. The maximum atomic E-state index is 12.3. The molecule has 2 heterocycles. The zero-order chi connectivity index (χ0) is 18.5. The Morgan fingerprint density at radius 1 is 1.08 bits per heavy atom. The maximum absolute atomic E-state index is 12.3. The number of amides is 2. The summed E-state index contributed by atoms with van der Waals surface area (Å²) in [6.07, 6.45) is 2.28. The SMILES string of the molecule is Cc1cc(Cl)ccc1NC(=O)C[NH+]1CC[NH+](CC(=O)N2CCCC2)CC1. The lowest BCUT2D eigenvalue weighted by Gasteiger charge is -2.30. The van der Waals surface area contributed by atoms with Crippen LogP contribution < -0.4 is 15.1 Å². The molecule has 7 heteroatoms. The molecule has 0 spiro atoms. The third kappa shape index (κ3) is 5.19. The number of nitrogens with zero attached hydrogens (tertiary/aromatic N) is 1. The van der Waals surface area contributed by atoms with Gasteiger partial charge in [0.05, 0.1) is 0 Å². The van der Waals surface area contributed by atoms with Crippen LogP contribution in [0.2, 0.25) is 5.02 Å². The zero-order valence-corrected chi connectivity index (χ0v) is 16.2. The quantitative estimate of drug-likeness (QED) is 0.613. The Balaban J connectivity index is 1.40. The molecule has 2 fully saturated rings. The first kappa shape index (κ1) is 19.1. The summed E-state index contributed by atoms with van der Waals surface area (Å²) in [6, 6.07) is 5.48. The van der Waals surface area contributed by atoms with Crippen molar-refractivity contribution in [1.29, 1.82) is 0 Å². The van der Waals surface area contributed by atoms with Crippen molar-refractivity contribution in [2.75, 3.05) is 57.7 Å². The molecule has 0 saturated carbocycles. The fourth-order valence-electron chi connectivity index (χ4n) is 3.79. The first-order valence-electron chi connectivity index (χ1n) is 9.52. The Bertz CT molecular complexity index is 653. The predicted molar refractivity (Wildman–Crippen MR) is 102 cm³/mol. The zero-order valence-electron chi connectivity index (χ0n) is 15.4. The van der Waals surface area contributed by atoms with Gasteiger partial charge in [-0.2, -0.15) is 0 Å². The van der Waals surface area contributed by atoms with E-state index in [-0.39, 0.29) is 11.8 Å². The molecule has 0 unspecified atom stereocenters. The lowest BCUT2D eigenvalue weighted by atomic mass is 10.2. The number of quaternary nitrogens is 2. The molecule has 2 aliphatic rings. The molecule has 0 radical (unpaired) electrons. The fourth-order valence-corrected chi connectivity index (χ4v) is 4.02. The smallest absolute Gasteiger partial charge is 0.279 e. The van der Waals surface area contributed by atoms with Crippen LogP contribution in [0.1, 0.15) is 18.4 Å². The van der Waals surface area contributed by atoms with Gasteiger partial charge in [-0.3, -0.25) is 9.59 Å². The average Bonchev–Trinajstić information content (AvgIpc) is 3.14. The van der Waals surface area contributed by atoms with Gasteiger partial charge in [-0.05, 0) is 43.5 Å². The van der Waals surface area contributed by atoms with E-state index in [9.17, 15) is 9.59 Å². The summed E-state index contributed by atoms with van der Waals surface area (Å²) >= 11 is 5.95. The monoisotopic (exact) mass is 380 g/mol. The number of hydrogen-bond donors (Lipinski definition) is 3. The first-order chi connectivity index (χ1) is 12.5. The molecule has 6 nitrogen and oxygen atoms in total. The van der Waals surface area contributed by atoms with E-state index in [0.717, 1.165) is 63.4 Å². The van der Waals surface area contributed by atoms with Gasteiger partial charge in [-0.25, -0.2) is 0 Å². The number of carbonyl (C=O) groups excluding carboxylic acids is 2. The summed E-state index contributed by atoms with van der Waals surface area (Å²) < 4.78 is 0. The summed E-state index contributed by atoms with van der Waals surface area (Å²) in [5, 5.41) is 3.65. The fraction of sp³-hybridized carbons (Fsp3) is 0.579. The highest BCUT2D eigenvalue weighted by Gasteiger charge is 2.28. The van der Waals surface area contributed by atoms with Crippen molar-refractivity contribution in [2.24, 2.45) is 0 Å². The Hall–Kier alpha value is -1.63.